The summed E-state index contributed by atoms with van der Waals surface area (Å²) in [6.07, 6.45) is 4.93. The Morgan fingerprint density at radius 1 is 1.21 bits per heavy atom. The third kappa shape index (κ3) is 4.05. The lowest BCUT2D eigenvalue weighted by molar-refractivity contribution is 0.485. The van der Waals surface area contributed by atoms with E-state index in [2.05, 4.69) is 18.9 Å². The van der Waals surface area contributed by atoms with Crippen LogP contribution in [0.3, 0.4) is 0 Å². The van der Waals surface area contributed by atoms with Crippen LogP contribution in [-0.4, -0.2) is 29.3 Å². The summed E-state index contributed by atoms with van der Waals surface area (Å²) < 4.78 is 28.6. The summed E-state index contributed by atoms with van der Waals surface area (Å²) in [7, 11) is -3.82. The molecule has 0 aliphatic carbocycles. The van der Waals surface area contributed by atoms with Gasteiger partial charge in [0.2, 0.25) is 9.84 Å². The molecule has 156 valence electrons. The third-order valence-corrected chi connectivity index (χ3v) is 8.29. The molecule has 0 aliphatic rings. The molecular formula is C21H26ClN3O2S2. The van der Waals surface area contributed by atoms with Crippen LogP contribution in [0.1, 0.15) is 43.6 Å². The van der Waals surface area contributed by atoms with E-state index in [0.29, 0.717) is 21.6 Å². The number of fused-ring (bicyclic) bond motifs is 1. The van der Waals surface area contributed by atoms with Gasteiger partial charge in [-0.3, -0.25) is 0 Å². The number of aromatic nitrogens is 3. The van der Waals surface area contributed by atoms with Crippen LogP contribution < -0.4 is 0 Å². The Morgan fingerprint density at radius 3 is 2.48 bits per heavy atom. The number of nitrogens with zero attached hydrogens (tertiary/aromatic N) is 3. The Bertz CT molecular complexity index is 1150. The summed E-state index contributed by atoms with van der Waals surface area (Å²) >= 11 is 7.35. The van der Waals surface area contributed by atoms with E-state index in [1.807, 2.05) is 20.1 Å². The predicted molar refractivity (Wildman–Crippen MR) is 119 cm³/mol. The van der Waals surface area contributed by atoms with E-state index >= 15 is 0 Å². The zero-order chi connectivity index (χ0) is 21.3. The molecule has 1 aromatic carbocycles. The molecule has 0 spiro atoms. The normalized spacial score (nSPS) is 12.2. The van der Waals surface area contributed by atoms with Crippen molar-refractivity contribution in [1.29, 1.82) is 0 Å². The Kier molecular flexibility index (Phi) is 6.61. The van der Waals surface area contributed by atoms with Crippen molar-refractivity contribution in [1.82, 2.24) is 14.6 Å². The molecule has 0 radical (unpaired) electrons. The fourth-order valence-electron chi connectivity index (χ4n) is 3.61. The highest BCUT2D eigenvalue weighted by atomic mass is 35.5. The highest BCUT2D eigenvalue weighted by Crippen LogP contribution is 2.34. The lowest BCUT2D eigenvalue weighted by atomic mass is 9.93. The lowest BCUT2D eigenvalue weighted by Crippen LogP contribution is -2.11. The van der Waals surface area contributed by atoms with E-state index in [4.69, 9.17) is 16.6 Å². The van der Waals surface area contributed by atoms with Crippen molar-refractivity contribution in [2.45, 2.75) is 61.8 Å². The summed E-state index contributed by atoms with van der Waals surface area (Å²) in [4.78, 5) is 5.01. The van der Waals surface area contributed by atoms with Gasteiger partial charge in [-0.1, -0.05) is 44.4 Å². The molecule has 5 nitrogen and oxygen atoms in total. The minimum atomic E-state index is -3.82. The number of halogens is 1. The van der Waals surface area contributed by atoms with Gasteiger partial charge in [0, 0.05) is 16.4 Å². The summed E-state index contributed by atoms with van der Waals surface area (Å²) in [5.41, 5.74) is 3.32. The topological polar surface area (TPSA) is 64.3 Å². The van der Waals surface area contributed by atoms with Crippen molar-refractivity contribution in [3.05, 3.63) is 46.2 Å². The van der Waals surface area contributed by atoms with Gasteiger partial charge in [0.1, 0.15) is 5.03 Å². The Morgan fingerprint density at radius 2 is 1.90 bits per heavy atom. The minimum absolute atomic E-state index is 0.146. The molecule has 3 aromatic rings. The van der Waals surface area contributed by atoms with Crippen LogP contribution in [0, 0.1) is 19.8 Å². The molecule has 2 heterocycles. The van der Waals surface area contributed by atoms with Crippen LogP contribution in [0.2, 0.25) is 5.02 Å². The molecule has 0 saturated carbocycles. The smallest absolute Gasteiger partial charge is 0.213 e. The lowest BCUT2D eigenvalue weighted by Gasteiger charge is -2.16. The van der Waals surface area contributed by atoms with E-state index in [9.17, 15) is 8.42 Å². The van der Waals surface area contributed by atoms with Gasteiger partial charge in [0.05, 0.1) is 4.90 Å². The van der Waals surface area contributed by atoms with Gasteiger partial charge in [-0.05, 0) is 56.2 Å². The molecule has 0 amide bonds. The average Bonchev–Trinajstić information content (AvgIpc) is 3.07. The maximum absolute atomic E-state index is 13.5. The molecule has 0 fully saturated rings. The first kappa shape index (κ1) is 22.1. The Hall–Kier alpha value is -1.57. The minimum Gasteiger partial charge on any atom is -0.232 e. The molecule has 0 bridgehead atoms. The zero-order valence-electron chi connectivity index (χ0n) is 17.4. The summed E-state index contributed by atoms with van der Waals surface area (Å²) in [5.74, 6) is 0.567. The molecule has 29 heavy (non-hydrogen) atoms. The number of aryl methyl sites for hydroxylation is 2. The van der Waals surface area contributed by atoms with Gasteiger partial charge in [0.15, 0.2) is 10.5 Å². The van der Waals surface area contributed by atoms with Gasteiger partial charge in [0.25, 0.3) is 0 Å². The van der Waals surface area contributed by atoms with Crippen molar-refractivity contribution in [3.8, 4) is 0 Å². The van der Waals surface area contributed by atoms with E-state index in [1.165, 1.54) is 17.8 Å². The number of rotatable bonds is 7. The summed E-state index contributed by atoms with van der Waals surface area (Å²) in [5, 5.41) is 5.43. The number of benzene rings is 1. The van der Waals surface area contributed by atoms with E-state index in [1.54, 1.807) is 22.7 Å². The first-order valence-corrected chi connectivity index (χ1v) is 12.8. The summed E-state index contributed by atoms with van der Waals surface area (Å²) in [6, 6.07) is 6.31. The van der Waals surface area contributed by atoms with Crippen molar-refractivity contribution >= 4 is 38.8 Å². The van der Waals surface area contributed by atoms with Gasteiger partial charge in [-0.2, -0.15) is 5.10 Å². The van der Waals surface area contributed by atoms with E-state index < -0.39 is 9.84 Å². The monoisotopic (exact) mass is 451 g/mol. The number of sulfone groups is 1. The van der Waals surface area contributed by atoms with E-state index in [-0.39, 0.29) is 9.79 Å². The predicted octanol–water partition coefficient (Wildman–Crippen LogP) is 5.53. The third-order valence-electron chi connectivity index (χ3n) is 5.47. The van der Waals surface area contributed by atoms with Crippen molar-refractivity contribution < 1.29 is 8.42 Å². The van der Waals surface area contributed by atoms with Crippen molar-refractivity contribution in [2.75, 3.05) is 6.26 Å². The Balaban J connectivity index is 2.27. The van der Waals surface area contributed by atoms with Crippen LogP contribution in [0.5, 0.6) is 0 Å². The molecule has 3 rings (SSSR count). The van der Waals surface area contributed by atoms with Gasteiger partial charge in [-0.15, -0.1) is 11.8 Å². The second kappa shape index (κ2) is 8.66. The quantitative estimate of drug-likeness (QED) is 0.441. The molecule has 0 N–H and O–H groups in total. The van der Waals surface area contributed by atoms with Crippen molar-refractivity contribution in [2.24, 2.45) is 5.92 Å². The summed E-state index contributed by atoms with van der Waals surface area (Å²) in [6.45, 7) is 8.33. The SMILES string of the molecule is CCC(CC)Cc1c(C)nc2c(S(=O)(=O)c3cccc(Cl)c3)c(SC)nn2c1C. The van der Waals surface area contributed by atoms with Gasteiger partial charge >= 0.3 is 0 Å². The molecule has 0 atom stereocenters. The highest BCUT2D eigenvalue weighted by molar-refractivity contribution is 7.99. The van der Waals surface area contributed by atoms with Crippen LogP contribution >= 0.6 is 23.4 Å². The second-order valence-corrected chi connectivity index (χ2v) is 10.3. The standard InChI is InChI=1S/C21H26ClN3O2S2/c1-6-15(7-2)11-18-13(3)23-20-19(21(28-5)24-25(20)14(18)4)29(26,27)17-10-8-9-16(22)12-17/h8-10,12,15H,6-7,11H2,1-5H3. The largest absolute Gasteiger partial charge is 0.232 e. The fourth-order valence-corrected chi connectivity index (χ4v) is 6.30. The molecule has 2 aromatic heterocycles. The maximum Gasteiger partial charge on any atom is 0.213 e. The maximum atomic E-state index is 13.5. The fraction of sp³-hybridized carbons (Fsp3) is 0.429. The number of thioether (sulfide) groups is 1. The van der Waals surface area contributed by atoms with Crippen LogP contribution in [-0.2, 0) is 16.3 Å². The zero-order valence-corrected chi connectivity index (χ0v) is 19.7. The molecular weight excluding hydrogens is 426 g/mol. The number of hydrogen-bond donors (Lipinski definition) is 0. The molecule has 8 heteroatoms. The van der Waals surface area contributed by atoms with Crippen LogP contribution in [0.4, 0.5) is 0 Å². The first-order valence-electron chi connectivity index (χ1n) is 9.67. The first-order chi connectivity index (χ1) is 13.7. The second-order valence-electron chi connectivity index (χ2n) is 7.18. The van der Waals surface area contributed by atoms with Crippen LogP contribution in [0.15, 0.2) is 39.1 Å². The molecule has 0 saturated heterocycles. The van der Waals surface area contributed by atoms with Gasteiger partial charge < -0.3 is 0 Å². The van der Waals surface area contributed by atoms with Crippen molar-refractivity contribution in [3.63, 3.8) is 0 Å². The number of hydrogen-bond acceptors (Lipinski definition) is 5. The Labute approximate surface area is 181 Å². The van der Waals surface area contributed by atoms with E-state index in [0.717, 1.165) is 36.2 Å². The van der Waals surface area contributed by atoms with Gasteiger partial charge in [-0.25, -0.2) is 17.9 Å². The molecule has 0 aliphatic heterocycles. The van der Waals surface area contributed by atoms with Crippen LogP contribution in [0.25, 0.3) is 5.65 Å². The molecule has 0 unspecified atom stereocenters. The highest BCUT2D eigenvalue weighted by Gasteiger charge is 2.30. The average molecular weight is 452 g/mol.